The van der Waals surface area contributed by atoms with Crippen molar-refractivity contribution in [2.24, 2.45) is 11.8 Å². The van der Waals surface area contributed by atoms with E-state index in [0.29, 0.717) is 29.7 Å². The highest BCUT2D eigenvalue weighted by Crippen LogP contribution is 2.45. The van der Waals surface area contributed by atoms with Gasteiger partial charge < -0.3 is 9.64 Å². The zero-order valence-electron chi connectivity index (χ0n) is 16.3. The van der Waals surface area contributed by atoms with Crippen molar-refractivity contribution < 1.29 is 9.13 Å². The summed E-state index contributed by atoms with van der Waals surface area (Å²) in [5, 5.41) is 0. The molecule has 28 heavy (non-hydrogen) atoms. The molecular formula is C22H27FN4O. The summed E-state index contributed by atoms with van der Waals surface area (Å²) in [6.45, 7) is 2.85. The van der Waals surface area contributed by atoms with E-state index in [-0.39, 0.29) is 5.82 Å². The first-order valence-electron chi connectivity index (χ1n) is 10.3. The highest BCUT2D eigenvalue weighted by molar-refractivity contribution is 5.40. The van der Waals surface area contributed by atoms with Crippen LogP contribution in [0.15, 0.2) is 36.8 Å². The maximum atomic E-state index is 14.2. The summed E-state index contributed by atoms with van der Waals surface area (Å²) in [5.74, 6) is 2.21. The fourth-order valence-corrected chi connectivity index (χ4v) is 5.70. The number of anilines is 1. The van der Waals surface area contributed by atoms with Crippen LogP contribution in [0.3, 0.4) is 0 Å². The predicted octanol–water partition coefficient (Wildman–Crippen LogP) is 3.68. The fraction of sp³-hybridized carbons (Fsp3) is 0.545. The largest absolute Gasteiger partial charge is 0.497 e. The van der Waals surface area contributed by atoms with Crippen LogP contribution in [-0.4, -0.2) is 47.7 Å². The molecule has 0 N–H and O–H groups in total. The molecule has 4 heterocycles. The Morgan fingerprint density at radius 1 is 1.11 bits per heavy atom. The Morgan fingerprint density at radius 2 is 1.96 bits per heavy atom. The molecule has 0 unspecified atom stereocenters. The maximum absolute atomic E-state index is 14.2. The van der Waals surface area contributed by atoms with Crippen molar-refractivity contribution in [3.8, 4) is 5.75 Å². The summed E-state index contributed by atoms with van der Waals surface area (Å²) in [7, 11) is 1.71. The number of piperidine rings is 3. The van der Waals surface area contributed by atoms with Crippen LogP contribution >= 0.6 is 0 Å². The van der Waals surface area contributed by atoms with Crippen LogP contribution in [0.5, 0.6) is 5.75 Å². The SMILES string of the molecule is COc1ccc([C@H]2CCC[C@H]3[C@@H]4C[C@@H](CN(c5ncncc5F)C4)CN23)cc1. The zero-order chi connectivity index (χ0) is 19.1. The Bertz CT molecular complexity index is 830. The second-order valence-corrected chi connectivity index (χ2v) is 8.45. The third-order valence-corrected chi connectivity index (χ3v) is 6.83. The number of benzene rings is 1. The Hall–Kier alpha value is -2.21. The van der Waals surface area contributed by atoms with Crippen LogP contribution in [-0.2, 0) is 0 Å². The number of halogens is 1. The van der Waals surface area contributed by atoms with E-state index in [9.17, 15) is 4.39 Å². The van der Waals surface area contributed by atoms with E-state index in [1.165, 1.54) is 43.8 Å². The molecule has 6 heteroatoms. The lowest BCUT2D eigenvalue weighted by atomic mass is 9.74. The van der Waals surface area contributed by atoms with Gasteiger partial charge in [-0.3, -0.25) is 4.90 Å². The smallest absolute Gasteiger partial charge is 0.183 e. The number of hydrogen-bond donors (Lipinski definition) is 0. The zero-order valence-corrected chi connectivity index (χ0v) is 16.3. The lowest BCUT2D eigenvalue weighted by Gasteiger charge is -2.55. The van der Waals surface area contributed by atoms with Crippen molar-refractivity contribution in [3.63, 3.8) is 0 Å². The highest BCUT2D eigenvalue weighted by atomic mass is 19.1. The summed E-state index contributed by atoms with van der Waals surface area (Å²) in [6, 6.07) is 9.65. The lowest BCUT2D eigenvalue weighted by Crippen LogP contribution is -2.60. The molecule has 148 valence electrons. The Labute approximate surface area is 165 Å². The summed E-state index contributed by atoms with van der Waals surface area (Å²) in [6.07, 6.45) is 7.69. The van der Waals surface area contributed by atoms with Gasteiger partial charge in [-0.1, -0.05) is 12.1 Å². The van der Waals surface area contributed by atoms with Gasteiger partial charge in [0.1, 0.15) is 12.1 Å². The lowest BCUT2D eigenvalue weighted by molar-refractivity contribution is -0.0202. The minimum absolute atomic E-state index is 0.306. The van der Waals surface area contributed by atoms with Crippen LogP contribution in [0, 0.1) is 17.7 Å². The van der Waals surface area contributed by atoms with E-state index in [2.05, 4.69) is 44.0 Å². The van der Waals surface area contributed by atoms with Gasteiger partial charge in [-0.25, -0.2) is 14.4 Å². The van der Waals surface area contributed by atoms with Crippen molar-refractivity contribution in [2.45, 2.75) is 37.8 Å². The third kappa shape index (κ3) is 3.13. The fourth-order valence-electron chi connectivity index (χ4n) is 5.70. The van der Waals surface area contributed by atoms with Gasteiger partial charge in [-0.15, -0.1) is 0 Å². The Balaban J connectivity index is 1.38. The molecular weight excluding hydrogens is 355 g/mol. The van der Waals surface area contributed by atoms with Crippen LogP contribution in [0.2, 0.25) is 0 Å². The van der Waals surface area contributed by atoms with Crippen LogP contribution in [0.4, 0.5) is 10.2 Å². The molecule has 3 aliphatic heterocycles. The van der Waals surface area contributed by atoms with Gasteiger partial charge in [0.2, 0.25) is 0 Å². The summed E-state index contributed by atoms with van der Waals surface area (Å²) >= 11 is 0. The first-order chi connectivity index (χ1) is 13.7. The highest BCUT2D eigenvalue weighted by Gasteiger charge is 2.45. The van der Waals surface area contributed by atoms with Crippen molar-refractivity contribution >= 4 is 5.82 Å². The Kier molecular flexibility index (Phi) is 4.67. The van der Waals surface area contributed by atoms with Gasteiger partial charge >= 0.3 is 0 Å². The molecule has 0 spiro atoms. The molecule has 2 aromatic rings. The van der Waals surface area contributed by atoms with Crippen molar-refractivity contribution in [1.29, 1.82) is 0 Å². The van der Waals surface area contributed by atoms with E-state index < -0.39 is 0 Å². The second kappa shape index (κ2) is 7.32. The van der Waals surface area contributed by atoms with Gasteiger partial charge in [-0.05, 0) is 55.2 Å². The molecule has 1 aromatic carbocycles. The topological polar surface area (TPSA) is 41.5 Å². The molecule has 0 amide bonds. The summed E-state index contributed by atoms with van der Waals surface area (Å²) in [4.78, 5) is 12.9. The number of aromatic nitrogens is 2. The number of fused-ring (bicyclic) bond motifs is 4. The van der Waals surface area contributed by atoms with E-state index in [0.717, 1.165) is 25.4 Å². The molecule has 0 saturated carbocycles. The summed E-state index contributed by atoms with van der Waals surface area (Å²) < 4.78 is 19.6. The molecule has 3 saturated heterocycles. The van der Waals surface area contributed by atoms with Crippen LogP contribution in [0.1, 0.15) is 37.3 Å². The molecule has 3 fully saturated rings. The maximum Gasteiger partial charge on any atom is 0.183 e. The van der Waals surface area contributed by atoms with Gasteiger partial charge in [-0.2, -0.15) is 0 Å². The van der Waals surface area contributed by atoms with Crippen LogP contribution in [0.25, 0.3) is 0 Å². The van der Waals surface area contributed by atoms with E-state index in [1.54, 1.807) is 7.11 Å². The van der Waals surface area contributed by atoms with Gasteiger partial charge in [0.05, 0.1) is 13.3 Å². The molecule has 0 radical (unpaired) electrons. The average Bonchev–Trinajstić information content (AvgIpc) is 2.74. The van der Waals surface area contributed by atoms with Crippen molar-refractivity contribution in [3.05, 3.63) is 48.2 Å². The monoisotopic (exact) mass is 382 g/mol. The number of rotatable bonds is 3. The van der Waals surface area contributed by atoms with Gasteiger partial charge in [0.15, 0.2) is 11.6 Å². The van der Waals surface area contributed by atoms with Crippen molar-refractivity contribution in [2.75, 3.05) is 31.6 Å². The quantitative estimate of drug-likeness (QED) is 0.810. The number of nitrogens with zero attached hydrogens (tertiary/aromatic N) is 4. The average molecular weight is 382 g/mol. The normalized spacial score (nSPS) is 30.0. The molecule has 1 aromatic heterocycles. The predicted molar refractivity (Wildman–Crippen MR) is 106 cm³/mol. The molecule has 3 aliphatic rings. The number of ether oxygens (including phenoxy) is 1. The molecule has 2 bridgehead atoms. The standard InChI is InChI=1S/C22H27FN4O/c1-28-18-7-5-16(6-8-18)20-3-2-4-21-17-9-15(12-27(20)21)11-26(13-17)22-19(23)10-24-14-25-22/h5-8,10,14-15,17,20-21H,2-4,9,11-13H2,1H3/t15-,17+,20+,21-/m0/s1. The number of hydrogen-bond acceptors (Lipinski definition) is 5. The minimum atomic E-state index is -0.306. The first kappa shape index (κ1) is 17.9. The summed E-state index contributed by atoms with van der Waals surface area (Å²) in [5.41, 5.74) is 1.39. The van der Waals surface area contributed by atoms with Crippen LogP contribution < -0.4 is 9.64 Å². The van der Waals surface area contributed by atoms with E-state index >= 15 is 0 Å². The second-order valence-electron chi connectivity index (χ2n) is 8.45. The Morgan fingerprint density at radius 3 is 2.75 bits per heavy atom. The van der Waals surface area contributed by atoms with E-state index in [1.807, 2.05) is 0 Å². The number of methoxy groups -OCH3 is 1. The first-order valence-corrected chi connectivity index (χ1v) is 10.3. The van der Waals surface area contributed by atoms with E-state index in [4.69, 9.17) is 4.74 Å². The van der Waals surface area contributed by atoms with Crippen molar-refractivity contribution in [1.82, 2.24) is 14.9 Å². The third-order valence-electron chi connectivity index (χ3n) is 6.83. The molecule has 5 rings (SSSR count). The minimum Gasteiger partial charge on any atom is -0.497 e. The molecule has 4 atom stereocenters. The molecule has 0 aliphatic carbocycles. The van der Waals surface area contributed by atoms with Gasteiger partial charge in [0.25, 0.3) is 0 Å². The molecule has 5 nitrogen and oxygen atoms in total. The van der Waals surface area contributed by atoms with Gasteiger partial charge in [0, 0.05) is 31.7 Å².